The summed E-state index contributed by atoms with van der Waals surface area (Å²) in [5, 5.41) is 9.18. The monoisotopic (exact) mass is 953 g/mol. The van der Waals surface area contributed by atoms with Crippen molar-refractivity contribution in [2.24, 2.45) is 32.9 Å². The third kappa shape index (κ3) is 15.1. The molecule has 1 fully saturated rings. The molecule has 2 aromatic carbocycles. The number of allylic oxidation sites excluding steroid dienone is 4. The van der Waals surface area contributed by atoms with Crippen LogP contribution in [0.15, 0.2) is 82.1 Å². The number of ether oxygens (including phenoxy) is 3. The maximum absolute atomic E-state index is 13.7. The number of nitrogens with two attached hydrogens (primary N) is 4. The minimum Gasteiger partial charge on any atom is -0.494 e. The van der Waals surface area contributed by atoms with Crippen LogP contribution in [-0.4, -0.2) is 132 Å². The molecule has 0 aliphatic carbocycles. The quantitative estimate of drug-likeness (QED) is 0.0413. The summed E-state index contributed by atoms with van der Waals surface area (Å²) in [7, 11) is 5.53. The van der Waals surface area contributed by atoms with Gasteiger partial charge in [0.25, 0.3) is 11.8 Å². The fourth-order valence-corrected chi connectivity index (χ4v) is 7.34. The van der Waals surface area contributed by atoms with Gasteiger partial charge in [0.15, 0.2) is 0 Å². The van der Waals surface area contributed by atoms with E-state index in [4.69, 9.17) is 42.1 Å². The molecule has 2 unspecified atom stereocenters. The summed E-state index contributed by atoms with van der Waals surface area (Å²) in [6, 6.07) is 6.41. The second-order valence-electron chi connectivity index (χ2n) is 15.9. The maximum atomic E-state index is 13.7. The minimum atomic E-state index is -0.703. The van der Waals surface area contributed by atoms with Crippen molar-refractivity contribution in [3.05, 3.63) is 83.2 Å². The molecule has 21 nitrogen and oxygen atoms in total. The number of fused-ring (bicyclic) bond motifs is 2. The Hall–Kier alpha value is -7.36. The second kappa shape index (κ2) is 26.3. The van der Waals surface area contributed by atoms with Crippen molar-refractivity contribution in [3.8, 4) is 11.5 Å². The molecule has 69 heavy (non-hydrogen) atoms. The lowest BCUT2D eigenvalue weighted by molar-refractivity contribution is -0.111. The number of aromatic nitrogens is 4. The number of methoxy groups -OCH3 is 1. The van der Waals surface area contributed by atoms with Gasteiger partial charge in [-0.1, -0.05) is 32.1 Å². The zero-order valence-electron chi connectivity index (χ0n) is 41.1. The van der Waals surface area contributed by atoms with Gasteiger partial charge < -0.3 is 56.5 Å². The number of hydrogen-bond donors (Lipinski definition) is 7. The highest BCUT2D eigenvalue weighted by molar-refractivity contribution is 6.47. The molecule has 4 aromatic rings. The number of aliphatic imine (C=N–C) groups is 2. The number of rotatable bonds is 23. The first kappa shape index (κ1) is 54.2. The lowest BCUT2D eigenvalue weighted by atomic mass is 10.1. The number of carbonyl (C=O) groups excluding carboxylic acids is 4. The van der Waals surface area contributed by atoms with Crippen LogP contribution in [0.25, 0.3) is 22.1 Å². The molecule has 0 spiro atoms. The SMILES string of the molecule is CC.CCN=C(/C=C(/C)N)C(=O)Nc1nc2cc(C(N)=O)cc(OC)c2n1C/C=C/Cn1c(NC(=O)C(/C=C(/C)N)=NCC)nc2cc(C(N)=O)cc(OC/C=C/COC3CNC(CN(C)C)C3)c21. The van der Waals surface area contributed by atoms with Gasteiger partial charge in [-0.15, -0.1) is 0 Å². The van der Waals surface area contributed by atoms with Gasteiger partial charge in [0.1, 0.15) is 40.6 Å². The van der Waals surface area contributed by atoms with Gasteiger partial charge >= 0.3 is 0 Å². The van der Waals surface area contributed by atoms with Crippen molar-refractivity contribution >= 4 is 69.0 Å². The molecule has 0 radical (unpaired) electrons. The summed E-state index contributed by atoms with van der Waals surface area (Å²) in [6.45, 7) is 13.9. The highest BCUT2D eigenvalue weighted by Gasteiger charge is 2.25. The number of likely N-dealkylation sites (N-methyl/N-ethyl adjacent to an activating group) is 1. The standard InChI is InChI=1S/C46H62N14O7.C2H6/c1-8-51-35(18-27(3)47)43(63)56-45-54-33-20-29(41(49)61)22-37(65-7)39(33)59(45)14-10-11-15-60-40-34(55-46(60)57-44(64)36(52-9-2)19-28(4)48)21-30(42(50)62)23-38(40)67-17-13-12-16-66-32-24-31(53-25-32)26-58(5)6;1-2/h10-13,18-23,31-32,53H,8-9,14-17,24-26,47-48H2,1-7H3,(H2,49,61)(H2,50,62)(H,54,56,63)(H,55,57,64);1-2H3/b11-10+,13-12+,27-18-,28-19-,51-35?,52-36?;. The van der Waals surface area contributed by atoms with Crippen molar-refractivity contribution < 1.29 is 33.4 Å². The van der Waals surface area contributed by atoms with Gasteiger partial charge in [0.05, 0.1) is 30.9 Å². The molecule has 2 aromatic heterocycles. The number of nitrogens with zero attached hydrogens (tertiary/aromatic N) is 7. The fraction of sp³-hybridized carbons (Fsp3) is 0.417. The van der Waals surface area contributed by atoms with Gasteiger partial charge in [0.2, 0.25) is 23.7 Å². The van der Waals surface area contributed by atoms with Crippen LogP contribution in [0, 0.1) is 0 Å². The van der Waals surface area contributed by atoms with Gasteiger partial charge in [-0.25, -0.2) is 9.97 Å². The number of anilines is 2. The van der Waals surface area contributed by atoms with Crippen LogP contribution in [0.3, 0.4) is 0 Å². The maximum Gasteiger partial charge on any atom is 0.276 e. The Morgan fingerprint density at radius 2 is 1.25 bits per heavy atom. The Bertz CT molecular complexity index is 2650. The van der Waals surface area contributed by atoms with Crippen LogP contribution >= 0.6 is 0 Å². The number of amides is 4. The van der Waals surface area contributed by atoms with Gasteiger partial charge in [0, 0.05) is 67.8 Å². The first-order valence-electron chi connectivity index (χ1n) is 22.8. The summed E-state index contributed by atoms with van der Waals surface area (Å²) in [6.07, 6.45) is 11.2. The lowest BCUT2D eigenvalue weighted by Crippen LogP contribution is -2.33. The second-order valence-corrected chi connectivity index (χ2v) is 15.9. The molecule has 4 amide bonds. The first-order valence-corrected chi connectivity index (χ1v) is 22.8. The van der Waals surface area contributed by atoms with E-state index in [0.717, 1.165) is 19.5 Å². The number of benzene rings is 2. The number of imidazole rings is 2. The van der Waals surface area contributed by atoms with Crippen LogP contribution in [0.1, 0.15) is 68.7 Å². The normalized spacial score (nSPS) is 15.9. The Kier molecular flexibility index (Phi) is 20.6. The van der Waals surface area contributed by atoms with Gasteiger partial charge in [-0.3, -0.25) is 39.8 Å². The predicted octanol–water partition coefficient (Wildman–Crippen LogP) is 3.64. The van der Waals surface area contributed by atoms with Crippen LogP contribution < -0.4 is 48.4 Å². The highest BCUT2D eigenvalue weighted by atomic mass is 16.5. The molecular weight excluding hydrogens is 885 g/mol. The van der Waals surface area contributed by atoms with Crippen molar-refractivity contribution in [2.75, 3.05) is 71.2 Å². The Morgan fingerprint density at radius 3 is 1.70 bits per heavy atom. The molecule has 3 heterocycles. The summed E-state index contributed by atoms with van der Waals surface area (Å²) in [5.74, 6) is -1.76. The van der Waals surface area contributed by atoms with E-state index >= 15 is 0 Å². The smallest absolute Gasteiger partial charge is 0.276 e. The van der Waals surface area contributed by atoms with Crippen molar-refractivity contribution in [1.29, 1.82) is 0 Å². The third-order valence-corrected chi connectivity index (χ3v) is 10.1. The number of carbonyl (C=O) groups is 4. The molecule has 5 rings (SSSR count). The number of hydrogen-bond acceptors (Lipinski definition) is 15. The summed E-state index contributed by atoms with van der Waals surface area (Å²) in [5.41, 5.74) is 26.0. The van der Waals surface area contributed by atoms with E-state index < -0.39 is 23.6 Å². The third-order valence-electron chi connectivity index (χ3n) is 10.1. The lowest BCUT2D eigenvalue weighted by Gasteiger charge is -2.15. The molecule has 372 valence electrons. The molecular formula is C48H68N14O7. The molecule has 1 aliphatic rings. The van der Waals surface area contributed by atoms with Crippen LogP contribution in [-0.2, 0) is 27.4 Å². The molecule has 21 heteroatoms. The average molecular weight is 953 g/mol. The van der Waals surface area contributed by atoms with E-state index in [-0.39, 0.29) is 71.7 Å². The van der Waals surface area contributed by atoms with Crippen molar-refractivity contribution in [2.45, 2.75) is 73.2 Å². The predicted molar refractivity (Wildman–Crippen MR) is 272 cm³/mol. The van der Waals surface area contributed by atoms with Gasteiger partial charge in [-0.2, -0.15) is 0 Å². The van der Waals surface area contributed by atoms with E-state index in [1.54, 1.807) is 49.0 Å². The topological polar surface area (TPSA) is 300 Å². The Morgan fingerprint density at radius 1 is 0.768 bits per heavy atom. The highest BCUT2D eigenvalue weighted by Crippen LogP contribution is 2.33. The van der Waals surface area contributed by atoms with Gasteiger partial charge in [-0.05, 0) is 90.7 Å². The summed E-state index contributed by atoms with van der Waals surface area (Å²) < 4.78 is 21.4. The number of primary amides is 2. The summed E-state index contributed by atoms with van der Waals surface area (Å²) >= 11 is 0. The first-order chi connectivity index (χ1) is 33.0. The van der Waals surface area contributed by atoms with E-state index in [1.165, 1.54) is 43.5 Å². The largest absolute Gasteiger partial charge is 0.494 e. The Balaban J connectivity index is 0.00000511. The average Bonchev–Trinajstić information content (AvgIpc) is 4.00. The molecule has 1 aliphatic heterocycles. The van der Waals surface area contributed by atoms with E-state index in [0.29, 0.717) is 59.2 Å². The Labute approximate surface area is 402 Å². The van der Waals surface area contributed by atoms with E-state index in [9.17, 15) is 19.2 Å². The van der Waals surface area contributed by atoms with Crippen LogP contribution in [0.4, 0.5) is 11.9 Å². The zero-order valence-corrected chi connectivity index (χ0v) is 41.1. The van der Waals surface area contributed by atoms with Crippen molar-refractivity contribution in [3.63, 3.8) is 0 Å². The minimum absolute atomic E-state index is 0.0826. The fourth-order valence-electron chi connectivity index (χ4n) is 7.34. The molecule has 0 bridgehead atoms. The van der Waals surface area contributed by atoms with Crippen molar-refractivity contribution in [1.82, 2.24) is 29.3 Å². The van der Waals surface area contributed by atoms with E-state index in [2.05, 4.69) is 35.8 Å². The zero-order chi connectivity index (χ0) is 50.8. The van der Waals surface area contributed by atoms with E-state index in [1.807, 2.05) is 40.1 Å². The molecule has 2 atom stereocenters. The molecule has 11 N–H and O–H groups in total. The summed E-state index contributed by atoms with van der Waals surface area (Å²) in [4.78, 5) is 72.3. The molecule has 1 saturated heterocycles. The van der Waals surface area contributed by atoms with Crippen LogP contribution in [0.5, 0.6) is 11.5 Å². The number of nitrogens with one attached hydrogen (secondary N) is 3. The molecule has 0 saturated carbocycles. The van der Waals surface area contributed by atoms with Crippen LogP contribution in [0.2, 0.25) is 0 Å².